The number of rotatable bonds is 2. The fraction of sp³-hybridized carbons (Fsp3) is 0.929. The van der Waals surface area contributed by atoms with Crippen LogP contribution in [0.25, 0.3) is 0 Å². The summed E-state index contributed by atoms with van der Waals surface area (Å²) in [5.41, 5.74) is 5.88. The predicted octanol–water partition coefficient (Wildman–Crippen LogP) is 2.15. The second-order valence-electron chi connectivity index (χ2n) is 6.26. The Labute approximate surface area is 105 Å². The molecule has 1 atom stereocenters. The van der Waals surface area contributed by atoms with Gasteiger partial charge in [0.05, 0.1) is 0 Å². The minimum atomic E-state index is -0.0544. The molecule has 1 saturated carbocycles. The van der Waals surface area contributed by atoms with E-state index in [0.29, 0.717) is 11.8 Å². The zero-order valence-corrected chi connectivity index (χ0v) is 11.2. The molecule has 0 aromatic rings. The molecule has 1 saturated heterocycles. The Bertz CT molecular complexity index is 274. The highest BCUT2D eigenvalue weighted by Crippen LogP contribution is 2.39. The summed E-state index contributed by atoms with van der Waals surface area (Å²) in [5.74, 6) is 1.01. The molecule has 0 aromatic carbocycles. The quantitative estimate of drug-likeness (QED) is 0.801. The van der Waals surface area contributed by atoms with E-state index in [9.17, 15) is 4.79 Å². The van der Waals surface area contributed by atoms with Crippen LogP contribution in [0, 0.1) is 11.3 Å². The van der Waals surface area contributed by atoms with E-state index in [4.69, 9.17) is 5.73 Å². The summed E-state index contributed by atoms with van der Waals surface area (Å²) in [6.07, 6.45) is 6.77. The lowest BCUT2D eigenvalue weighted by atomic mass is 9.85. The molecule has 3 nitrogen and oxygen atoms in total. The molecule has 1 aliphatic heterocycles. The third kappa shape index (κ3) is 2.65. The van der Waals surface area contributed by atoms with Crippen LogP contribution in [0.4, 0.5) is 0 Å². The number of amides is 1. The maximum atomic E-state index is 12.5. The van der Waals surface area contributed by atoms with Gasteiger partial charge in [-0.3, -0.25) is 4.79 Å². The van der Waals surface area contributed by atoms with E-state index in [1.807, 2.05) is 0 Å². The minimum Gasteiger partial charge on any atom is -0.342 e. The Morgan fingerprint density at radius 3 is 2.29 bits per heavy atom. The van der Waals surface area contributed by atoms with Crippen LogP contribution in [0.15, 0.2) is 0 Å². The van der Waals surface area contributed by atoms with Crippen molar-refractivity contribution >= 4 is 5.91 Å². The minimum absolute atomic E-state index is 0.0544. The van der Waals surface area contributed by atoms with Gasteiger partial charge in [-0.05, 0) is 38.5 Å². The molecule has 2 rings (SSSR count). The summed E-state index contributed by atoms with van der Waals surface area (Å²) in [7, 11) is 0. The summed E-state index contributed by atoms with van der Waals surface area (Å²) in [6.45, 7) is 6.07. The molecule has 1 unspecified atom stereocenters. The van der Waals surface area contributed by atoms with Crippen molar-refractivity contribution in [3.05, 3.63) is 0 Å². The molecule has 1 amide bonds. The normalized spacial score (nSPS) is 27.1. The third-order valence-corrected chi connectivity index (χ3v) is 4.79. The number of nitrogens with zero attached hydrogens (tertiary/aromatic N) is 1. The molecule has 1 aliphatic carbocycles. The Balaban J connectivity index is 1.90. The SMILES string of the molecule is CC(N)C1CCN(C(=O)C2(C)CCCC2)CC1. The van der Waals surface area contributed by atoms with E-state index in [-0.39, 0.29) is 11.5 Å². The van der Waals surface area contributed by atoms with Crippen LogP contribution in [0.1, 0.15) is 52.4 Å². The van der Waals surface area contributed by atoms with Crippen LogP contribution in [-0.2, 0) is 4.79 Å². The number of likely N-dealkylation sites (tertiary alicyclic amines) is 1. The number of piperidine rings is 1. The van der Waals surface area contributed by atoms with Gasteiger partial charge in [0.25, 0.3) is 0 Å². The standard InChI is InChI=1S/C14H26N2O/c1-11(15)12-5-9-16(10-6-12)13(17)14(2)7-3-4-8-14/h11-12H,3-10,15H2,1-2H3. The Hall–Kier alpha value is -0.570. The summed E-state index contributed by atoms with van der Waals surface area (Å²) in [4.78, 5) is 14.6. The number of carbonyl (C=O) groups is 1. The van der Waals surface area contributed by atoms with Crippen LogP contribution < -0.4 is 5.73 Å². The lowest BCUT2D eigenvalue weighted by Crippen LogP contribution is -2.47. The van der Waals surface area contributed by atoms with Gasteiger partial charge < -0.3 is 10.6 Å². The van der Waals surface area contributed by atoms with E-state index in [2.05, 4.69) is 18.7 Å². The lowest BCUT2D eigenvalue weighted by Gasteiger charge is -2.38. The summed E-state index contributed by atoms with van der Waals surface area (Å²) in [5, 5.41) is 0. The molecule has 17 heavy (non-hydrogen) atoms. The number of hydrogen-bond donors (Lipinski definition) is 1. The molecule has 0 aromatic heterocycles. The van der Waals surface area contributed by atoms with Gasteiger partial charge in [-0.25, -0.2) is 0 Å². The fourth-order valence-corrected chi connectivity index (χ4v) is 3.38. The molecule has 2 aliphatic rings. The molecule has 2 fully saturated rings. The smallest absolute Gasteiger partial charge is 0.228 e. The van der Waals surface area contributed by atoms with Crippen molar-refractivity contribution in [2.75, 3.05) is 13.1 Å². The van der Waals surface area contributed by atoms with Crippen LogP contribution in [0.3, 0.4) is 0 Å². The zero-order valence-electron chi connectivity index (χ0n) is 11.2. The molecule has 2 N–H and O–H groups in total. The summed E-state index contributed by atoms with van der Waals surface area (Å²) in [6, 6.07) is 0.273. The number of carbonyl (C=O) groups excluding carboxylic acids is 1. The largest absolute Gasteiger partial charge is 0.342 e. The third-order valence-electron chi connectivity index (χ3n) is 4.79. The highest BCUT2D eigenvalue weighted by molar-refractivity contribution is 5.82. The molecule has 1 heterocycles. The van der Waals surface area contributed by atoms with Gasteiger partial charge in [0.2, 0.25) is 5.91 Å². The first-order valence-electron chi connectivity index (χ1n) is 7.08. The molecule has 0 radical (unpaired) electrons. The van der Waals surface area contributed by atoms with Gasteiger partial charge in [-0.1, -0.05) is 19.8 Å². The highest BCUT2D eigenvalue weighted by atomic mass is 16.2. The van der Waals surface area contributed by atoms with Crippen molar-refractivity contribution < 1.29 is 4.79 Å². The maximum absolute atomic E-state index is 12.5. The average Bonchev–Trinajstić information content (AvgIpc) is 2.76. The zero-order chi connectivity index (χ0) is 12.5. The number of nitrogens with two attached hydrogens (primary N) is 1. The van der Waals surface area contributed by atoms with Crippen LogP contribution >= 0.6 is 0 Å². The Morgan fingerprint density at radius 1 is 1.29 bits per heavy atom. The van der Waals surface area contributed by atoms with E-state index >= 15 is 0 Å². The first kappa shape index (κ1) is 12.9. The average molecular weight is 238 g/mol. The van der Waals surface area contributed by atoms with Crippen LogP contribution in [0.5, 0.6) is 0 Å². The van der Waals surface area contributed by atoms with Crippen molar-refractivity contribution in [3.63, 3.8) is 0 Å². The van der Waals surface area contributed by atoms with Gasteiger partial charge in [0, 0.05) is 24.5 Å². The van der Waals surface area contributed by atoms with Gasteiger partial charge in [-0.15, -0.1) is 0 Å². The van der Waals surface area contributed by atoms with Gasteiger partial charge in [-0.2, -0.15) is 0 Å². The molecule has 98 valence electrons. The van der Waals surface area contributed by atoms with Gasteiger partial charge in [0.15, 0.2) is 0 Å². The summed E-state index contributed by atoms with van der Waals surface area (Å²) < 4.78 is 0. The van der Waals surface area contributed by atoms with E-state index in [0.717, 1.165) is 38.8 Å². The maximum Gasteiger partial charge on any atom is 0.228 e. The topological polar surface area (TPSA) is 46.3 Å². The van der Waals surface area contributed by atoms with E-state index in [1.165, 1.54) is 12.8 Å². The van der Waals surface area contributed by atoms with Crippen molar-refractivity contribution in [2.45, 2.75) is 58.4 Å². The first-order chi connectivity index (χ1) is 8.03. The van der Waals surface area contributed by atoms with Crippen molar-refractivity contribution in [1.29, 1.82) is 0 Å². The lowest BCUT2D eigenvalue weighted by molar-refractivity contribution is -0.142. The van der Waals surface area contributed by atoms with Gasteiger partial charge >= 0.3 is 0 Å². The second-order valence-corrected chi connectivity index (χ2v) is 6.26. The monoisotopic (exact) mass is 238 g/mol. The van der Waals surface area contributed by atoms with E-state index in [1.54, 1.807) is 0 Å². The Kier molecular flexibility index (Phi) is 3.76. The predicted molar refractivity (Wildman–Crippen MR) is 69.5 cm³/mol. The number of hydrogen-bond acceptors (Lipinski definition) is 2. The fourth-order valence-electron chi connectivity index (χ4n) is 3.38. The highest BCUT2D eigenvalue weighted by Gasteiger charge is 2.40. The molecular weight excluding hydrogens is 212 g/mol. The second kappa shape index (κ2) is 4.97. The van der Waals surface area contributed by atoms with Gasteiger partial charge in [0.1, 0.15) is 0 Å². The van der Waals surface area contributed by atoms with Crippen molar-refractivity contribution in [3.8, 4) is 0 Å². The first-order valence-corrected chi connectivity index (χ1v) is 7.08. The molecule has 0 bridgehead atoms. The summed E-state index contributed by atoms with van der Waals surface area (Å²) >= 11 is 0. The van der Waals surface area contributed by atoms with Crippen molar-refractivity contribution in [2.24, 2.45) is 17.1 Å². The molecular formula is C14H26N2O. The van der Waals surface area contributed by atoms with Crippen LogP contribution in [0.2, 0.25) is 0 Å². The Morgan fingerprint density at radius 2 is 1.82 bits per heavy atom. The van der Waals surface area contributed by atoms with Crippen molar-refractivity contribution in [1.82, 2.24) is 4.90 Å². The molecule has 3 heteroatoms. The van der Waals surface area contributed by atoms with E-state index < -0.39 is 0 Å². The molecule has 0 spiro atoms. The van der Waals surface area contributed by atoms with Crippen LogP contribution in [-0.4, -0.2) is 29.9 Å².